The van der Waals surface area contributed by atoms with Gasteiger partial charge in [-0.15, -0.1) is 0 Å². The first-order valence-corrected chi connectivity index (χ1v) is 8.53. The number of nitriles is 1. The molecular formula is C20H16ClN3O2. The van der Waals surface area contributed by atoms with E-state index >= 15 is 0 Å². The second-order valence-electron chi connectivity index (χ2n) is 5.98. The lowest BCUT2D eigenvalue weighted by molar-refractivity contribution is -0.117. The van der Waals surface area contributed by atoms with Crippen molar-refractivity contribution in [2.75, 3.05) is 5.32 Å². The Kier molecular flexibility index (Phi) is 5.35. The summed E-state index contributed by atoms with van der Waals surface area (Å²) >= 11 is 6.03. The van der Waals surface area contributed by atoms with Crippen molar-refractivity contribution in [2.45, 2.75) is 18.9 Å². The van der Waals surface area contributed by atoms with Gasteiger partial charge in [-0.2, -0.15) is 5.26 Å². The average Bonchev–Trinajstić information content (AvgIpc) is 3.44. The van der Waals surface area contributed by atoms with E-state index in [4.69, 9.17) is 11.6 Å². The molecule has 3 rings (SSSR count). The van der Waals surface area contributed by atoms with Crippen molar-refractivity contribution in [3.05, 3.63) is 70.3 Å². The highest BCUT2D eigenvalue weighted by Crippen LogP contribution is 2.21. The minimum Gasteiger partial charge on any atom is -0.349 e. The molecule has 0 radical (unpaired) electrons. The number of nitrogens with zero attached hydrogens (tertiary/aromatic N) is 1. The molecule has 0 unspecified atom stereocenters. The summed E-state index contributed by atoms with van der Waals surface area (Å²) in [6.07, 6.45) is 3.41. The van der Waals surface area contributed by atoms with Gasteiger partial charge in [0.15, 0.2) is 0 Å². The molecule has 2 aromatic rings. The van der Waals surface area contributed by atoms with Crippen LogP contribution in [0.25, 0.3) is 6.08 Å². The van der Waals surface area contributed by atoms with Crippen molar-refractivity contribution in [2.24, 2.45) is 0 Å². The van der Waals surface area contributed by atoms with E-state index in [0.717, 1.165) is 12.8 Å². The van der Waals surface area contributed by atoms with Crippen LogP contribution in [-0.4, -0.2) is 17.9 Å². The standard InChI is InChI=1S/C20H16ClN3O2/c21-18-7-2-1-6-17(18)20(26)24-16-5-3-4-13(11-16)10-14(12-22)19(25)23-15-8-9-15/h1-7,10-11,15H,8-9H2,(H,23,25)(H,24,26)/b14-10+. The molecule has 2 amide bonds. The molecule has 1 fully saturated rings. The summed E-state index contributed by atoms with van der Waals surface area (Å²) in [6, 6.07) is 15.8. The van der Waals surface area contributed by atoms with Crippen LogP contribution in [0.4, 0.5) is 5.69 Å². The fourth-order valence-corrected chi connectivity index (χ4v) is 2.58. The lowest BCUT2D eigenvalue weighted by Gasteiger charge is -2.08. The van der Waals surface area contributed by atoms with Crippen LogP contribution >= 0.6 is 11.6 Å². The fourth-order valence-electron chi connectivity index (χ4n) is 2.36. The molecule has 0 aromatic heterocycles. The molecule has 2 N–H and O–H groups in total. The van der Waals surface area contributed by atoms with E-state index in [1.807, 2.05) is 6.07 Å². The minimum absolute atomic E-state index is 0.0338. The maximum atomic E-state index is 12.3. The van der Waals surface area contributed by atoms with Gasteiger partial charge in [0.2, 0.25) is 0 Å². The van der Waals surface area contributed by atoms with E-state index in [1.54, 1.807) is 48.5 Å². The Morgan fingerprint density at radius 3 is 2.62 bits per heavy atom. The summed E-state index contributed by atoms with van der Waals surface area (Å²) in [5.74, 6) is -0.704. The van der Waals surface area contributed by atoms with Crippen molar-refractivity contribution >= 4 is 35.2 Å². The molecule has 1 aliphatic rings. The van der Waals surface area contributed by atoms with Crippen molar-refractivity contribution in [3.63, 3.8) is 0 Å². The quantitative estimate of drug-likeness (QED) is 0.625. The smallest absolute Gasteiger partial charge is 0.262 e. The summed E-state index contributed by atoms with van der Waals surface area (Å²) in [5, 5.41) is 15.1. The zero-order chi connectivity index (χ0) is 18.5. The maximum absolute atomic E-state index is 12.3. The third kappa shape index (κ3) is 4.50. The lowest BCUT2D eigenvalue weighted by atomic mass is 10.1. The van der Waals surface area contributed by atoms with Crippen LogP contribution in [0.15, 0.2) is 54.1 Å². The molecule has 0 saturated heterocycles. The van der Waals surface area contributed by atoms with E-state index in [2.05, 4.69) is 10.6 Å². The SMILES string of the molecule is N#C/C(=C\c1cccc(NC(=O)c2ccccc2Cl)c1)C(=O)NC1CC1. The summed E-state index contributed by atoms with van der Waals surface area (Å²) < 4.78 is 0. The van der Waals surface area contributed by atoms with Crippen LogP contribution < -0.4 is 10.6 Å². The summed E-state index contributed by atoms with van der Waals surface area (Å²) in [4.78, 5) is 24.4. The number of anilines is 1. The van der Waals surface area contributed by atoms with Gasteiger partial charge in [0.25, 0.3) is 11.8 Å². The number of rotatable bonds is 5. The topological polar surface area (TPSA) is 82.0 Å². The molecule has 2 aromatic carbocycles. The van der Waals surface area contributed by atoms with Gasteiger partial charge in [0.05, 0.1) is 10.6 Å². The first kappa shape index (κ1) is 17.7. The number of carbonyl (C=O) groups is 2. The zero-order valence-corrected chi connectivity index (χ0v) is 14.6. The molecule has 5 nitrogen and oxygen atoms in total. The normalized spacial score (nSPS) is 13.6. The van der Waals surface area contributed by atoms with Crippen LogP contribution in [0.3, 0.4) is 0 Å². The highest BCUT2D eigenvalue weighted by Gasteiger charge is 2.24. The third-order valence-electron chi connectivity index (χ3n) is 3.85. The van der Waals surface area contributed by atoms with Crippen LogP contribution in [0.1, 0.15) is 28.8 Å². The number of halogens is 1. The van der Waals surface area contributed by atoms with Gasteiger partial charge in [-0.3, -0.25) is 9.59 Å². The Bertz CT molecular complexity index is 927. The lowest BCUT2D eigenvalue weighted by Crippen LogP contribution is -2.26. The second kappa shape index (κ2) is 7.85. The van der Waals surface area contributed by atoms with Crippen molar-refractivity contribution in [1.29, 1.82) is 5.26 Å². The van der Waals surface area contributed by atoms with Crippen LogP contribution in [0.5, 0.6) is 0 Å². The van der Waals surface area contributed by atoms with Crippen LogP contribution in [0.2, 0.25) is 5.02 Å². The number of hydrogen-bond acceptors (Lipinski definition) is 3. The molecule has 0 bridgehead atoms. The van der Waals surface area contributed by atoms with Crippen molar-refractivity contribution < 1.29 is 9.59 Å². The predicted molar refractivity (Wildman–Crippen MR) is 101 cm³/mol. The van der Waals surface area contributed by atoms with E-state index in [0.29, 0.717) is 21.8 Å². The molecular weight excluding hydrogens is 350 g/mol. The fraction of sp³-hybridized carbons (Fsp3) is 0.150. The summed E-state index contributed by atoms with van der Waals surface area (Å²) in [7, 11) is 0. The van der Waals surface area contributed by atoms with Gasteiger partial charge >= 0.3 is 0 Å². The van der Waals surface area contributed by atoms with Gasteiger partial charge in [-0.25, -0.2) is 0 Å². The maximum Gasteiger partial charge on any atom is 0.262 e. The molecule has 130 valence electrons. The number of carbonyl (C=O) groups excluding carboxylic acids is 2. The highest BCUT2D eigenvalue weighted by molar-refractivity contribution is 6.34. The number of amides is 2. The zero-order valence-electron chi connectivity index (χ0n) is 13.8. The Morgan fingerprint density at radius 1 is 1.15 bits per heavy atom. The monoisotopic (exact) mass is 365 g/mol. The van der Waals surface area contributed by atoms with Gasteiger partial charge in [-0.1, -0.05) is 35.9 Å². The van der Waals surface area contributed by atoms with Gasteiger partial charge < -0.3 is 10.6 Å². The molecule has 0 heterocycles. The molecule has 0 atom stereocenters. The average molecular weight is 366 g/mol. The molecule has 6 heteroatoms. The largest absolute Gasteiger partial charge is 0.349 e. The molecule has 0 spiro atoms. The Labute approximate surface area is 156 Å². The van der Waals surface area contributed by atoms with Gasteiger partial charge in [-0.05, 0) is 48.7 Å². The highest BCUT2D eigenvalue weighted by atomic mass is 35.5. The second-order valence-corrected chi connectivity index (χ2v) is 6.38. The number of hydrogen-bond donors (Lipinski definition) is 2. The number of benzene rings is 2. The van der Waals surface area contributed by atoms with E-state index in [-0.39, 0.29) is 23.4 Å². The summed E-state index contributed by atoms with van der Waals surface area (Å²) in [5.41, 5.74) is 1.59. The van der Waals surface area contributed by atoms with Crippen LogP contribution in [-0.2, 0) is 4.79 Å². The van der Waals surface area contributed by atoms with E-state index in [1.165, 1.54) is 6.08 Å². The molecule has 0 aliphatic heterocycles. The van der Waals surface area contributed by atoms with Gasteiger partial charge in [0.1, 0.15) is 11.6 Å². The first-order chi connectivity index (χ1) is 12.6. The first-order valence-electron chi connectivity index (χ1n) is 8.15. The molecule has 1 aliphatic carbocycles. The number of nitrogens with one attached hydrogen (secondary N) is 2. The van der Waals surface area contributed by atoms with Crippen LogP contribution in [0, 0.1) is 11.3 Å². The van der Waals surface area contributed by atoms with Gasteiger partial charge in [0, 0.05) is 11.7 Å². The minimum atomic E-state index is -0.375. The van der Waals surface area contributed by atoms with E-state index < -0.39 is 0 Å². The Morgan fingerprint density at radius 2 is 1.92 bits per heavy atom. The summed E-state index contributed by atoms with van der Waals surface area (Å²) in [6.45, 7) is 0. The molecule has 1 saturated carbocycles. The Balaban J connectivity index is 1.76. The van der Waals surface area contributed by atoms with E-state index in [9.17, 15) is 14.9 Å². The van der Waals surface area contributed by atoms with Crippen molar-refractivity contribution in [1.82, 2.24) is 5.32 Å². The van der Waals surface area contributed by atoms with Crippen molar-refractivity contribution in [3.8, 4) is 6.07 Å². The Hall–Kier alpha value is -3.10. The third-order valence-corrected chi connectivity index (χ3v) is 4.18. The molecule has 26 heavy (non-hydrogen) atoms. The predicted octanol–water partition coefficient (Wildman–Crippen LogP) is 3.78.